The van der Waals surface area contributed by atoms with Gasteiger partial charge in [0.2, 0.25) is 0 Å². The lowest BCUT2D eigenvalue weighted by atomic mass is 9.94. The van der Waals surface area contributed by atoms with E-state index in [1.54, 1.807) is 0 Å². The third kappa shape index (κ3) is 3.75. The fourth-order valence-electron chi connectivity index (χ4n) is 2.46. The number of hydrogen-bond acceptors (Lipinski definition) is 5. The molecule has 0 saturated carbocycles. The largest absolute Gasteiger partial charge is 0.348 e. The Morgan fingerprint density at radius 2 is 2.47 bits per heavy atom. The van der Waals surface area contributed by atoms with Gasteiger partial charge in [-0.3, -0.25) is 4.79 Å². The highest BCUT2D eigenvalue weighted by Gasteiger charge is 2.26. The normalized spacial score (nSPS) is 24.4. The molecule has 1 amide bonds. The van der Waals surface area contributed by atoms with Gasteiger partial charge in [-0.2, -0.15) is 0 Å². The number of nitrogens with zero attached hydrogens (tertiary/aromatic N) is 2. The van der Waals surface area contributed by atoms with Gasteiger partial charge in [-0.1, -0.05) is 6.92 Å². The number of aromatic nitrogens is 1. The second kappa shape index (κ2) is 6.45. The van der Waals surface area contributed by atoms with Crippen molar-refractivity contribution in [3.63, 3.8) is 0 Å². The van der Waals surface area contributed by atoms with E-state index in [4.69, 9.17) is 5.73 Å². The second-order valence-electron chi connectivity index (χ2n) is 5.27. The van der Waals surface area contributed by atoms with Crippen molar-refractivity contribution in [2.75, 3.05) is 26.7 Å². The van der Waals surface area contributed by atoms with E-state index in [0.717, 1.165) is 30.9 Å². The molecule has 3 N–H and O–H groups in total. The van der Waals surface area contributed by atoms with Crippen molar-refractivity contribution in [1.82, 2.24) is 15.2 Å². The highest BCUT2D eigenvalue weighted by molar-refractivity contribution is 7.09. The number of thiazole rings is 1. The average Bonchev–Trinajstić information content (AvgIpc) is 2.82. The molecule has 0 spiro atoms. The zero-order valence-corrected chi connectivity index (χ0v) is 12.4. The predicted molar refractivity (Wildman–Crippen MR) is 77.4 cm³/mol. The second-order valence-corrected chi connectivity index (χ2v) is 6.22. The van der Waals surface area contributed by atoms with Crippen LogP contribution in [0.1, 0.15) is 28.8 Å². The Kier molecular flexibility index (Phi) is 4.90. The molecule has 1 aliphatic heterocycles. The molecule has 2 unspecified atom stereocenters. The van der Waals surface area contributed by atoms with Crippen LogP contribution in [-0.4, -0.2) is 48.5 Å². The molecule has 1 saturated heterocycles. The van der Waals surface area contributed by atoms with Gasteiger partial charge >= 0.3 is 0 Å². The van der Waals surface area contributed by atoms with Crippen molar-refractivity contribution < 1.29 is 4.79 Å². The highest BCUT2D eigenvalue weighted by atomic mass is 32.1. The summed E-state index contributed by atoms with van der Waals surface area (Å²) in [5.74, 6) is 0.422. The molecular weight excluding hydrogens is 260 g/mol. The lowest BCUT2D eigenvalue weighted by Gasteiger charge is -2.35. The summed E-state index contributed by atoms with van der Waals surface area (Å²) in [5.41, 5.74) is 6.02. The number of rotatable bonds is 4. The summed E-state index contributed by atoms with van der Waals surface area (Å²) in [7, 11) is 2.12. The summed E-state index contributed by atoms with van der Waals surface area (Å²) in [4.78, 5) is 18.8. The maximum atomic E-state index is 12.1. The van der Waals surface area contributed by atoms with Crippen LogP contribution in [0.25, 0.3) is 0 Å². The van der Waals surface area contributed by atoms with Gasteiger partial charge in [0, 0.05) is 24.4 Å². The minimum Gasteiger partial charge on any atom is -0.348 e. The molecule has 106 valence electrons. The van der Waals surface area contributed by atoms with Gasteiger partial charge in [-0.25, -0.2) is 4.98 Å². The summed E-state index contributed by atoms with van der Waals surface area (Å²) in [5, 5.41) is 5.86. The van der Waals surface area contributed by atoms with Gasteiger partial charge in [0.25, 0.3) is 5.91 Å². The van der Waals surface area contributed by atoms with Crippen molar-refractivity contribution in [2.45, 2.75) is 25.8 Å². The monoisotopic (exact) mass is 282 g/mol. The summed E-state index contributed by atoms with van der Waals surface area (Å²) in [6, 6.07) is 0.253. The summed E-state index contributed by atoms with van der Waals surface area (Å²) < 4.78 is 0. The van der Waals surface area contributed by atoms with Crippen LogP contribution < -0.4 is 11.1 Å². The van der Waals surface area contributed by atoms with Crippen LogP contribution in [0.4, 0.5) is 0 Å². The smallest absolute Gasteiger partial charge is 0.270 e. The summed E-state index contributed by atoms with van der Waals surface area (Å²) >= 11 is 1.51. The Morgan fingerprint density at radius 1 is 1.68 bits per heavy atom. The first-order valence-corrected chi connectivity index (χ1v) is 7.62. The molecule has 5 nitrogen and oxygen atoms in total. The van der Waals surface area contributed by atoms with Gasteiger partial charge in [0.1, 0.15) is 5.69 Å². The maximum Gasteiger partial charge on any atom is 0.270 e. The van der Waals surface area contributed by atoms with Gasteiger partial charge in [0.15, 0.2) is 0 Å². The van der Waals surface area contributed by atoms with Crippen molar-refractivity contribution in [1.29, 1.82) is 0 Å². The van der Waals surface area contributed by atoms with Crippen molar-refractivity contribution >= 4 is 17.2 Å². The Hall–Kier alpha value is -0.980. The molecule has 0 aromatic carbocycles. The number of piperidine rings is 1. The fraction of sp³-hybridized carbons (Fsp3) is 0.692. The quantitative estimate of drug-likeness (QED) is 0.853. The lowest BCUT2D eigenvalue weighted by molar-refractivity contribution is 0.0879. The van der Waals surface area contributed by atoms with Crippen molar-refractivity contribution in [3.05, 3.63) is 16.1 Å². The van der Waals surface area contributed by atoms with E-state index in [2.05, 4.69) is 29.2 Å². The molecule has 1 aromatic heterocycles. The number of likely N-dealkylation sites (tertiary alicyclic amines) is 1. The topological polar surface area (TPSA) is 71.2 Å². The SMILES string of the molecule is CC1CN(C)CCC1NC(=O)c1csc(CCN)n1. The fourth-order valence-corrected chi connectivity index (χ4v) is 3.26. The first-order valence-electron chi connectivity index (χ1n) is 6.74. The van der Waals surface area contributed by atoms with Gasteiger partial charge < -0.3 is 16.0 Å². The van der Waals surface area contributed by atoms with Crippen LogP contribution in [-0.2, 0) is 6.42 Å². The molecule has 19 heavy (non-hydrogen) atoms. The van der Waals surface area contributed by atoms with Gasteiger partial charge in [0.05, 0.1) is 5.01 Å². The van der Waals surface area contributed by atoms with E-state index in [1.807, 2.05) is 5.38 Å². The molecule has 2 atom stereocenters. The molecule has 0 radical (unpaired) electrons. The molecule has 1 fully saturated rings. The van der Waals surface area contributed by atoms with E-state index in [0.29, 0.717) is 18.2 Å². The third-order valence-electron chi connectivity index (χ3n) is 3.57. The number of hydrogen-bond donors (Lipinski definition) is 2. The van der Waals surface area contributed by atoms with E-state index in [1.165, 1.54) is 11.3 Å². The molecule has 1 aromatic rings. The maximum absolute atomic E-state index is 12.1. The van der Waals surface area contributed by atoms with E-state index in [9.17, 15) is 4.79 Å². The Labute approximate surface area is 118 Å². The molecule has 6 heteroatoms. The van der Waals surface area contributed by atoms with Crippen LogP contribution in [0.15, 0.2) is 5.38 Å². The number of carbonyl (C=O) groups is 1. The molecule has 2 rings (SSSR count). The van der Waals surface area contributed by atoms with Crippen molar-refractivity contribution in [2.24, 2.45) is 11.7 Å². The molecule has 0 bridgehead atoms. The highest BCUT2D eigenvalue weighted by Crippen LogP contribution is 2.16. The zero-order valence-electron chi connectivity index (χ0n) is 11.6. The Bertz CT molecular complexity index is 434. The number of carbonyl (C=O) groups excluding carboxylic acids is 1. The molecule has 2 heterocycles. The van der Waals surface area contributed by atoms with E-state index >= 15 is 0 Å². The number of nitrogens with two attached hydrogens (primary N) is 1. The van der Waals surface area contributed by atoms with E-state index in [-0.39, 0.29) is 11.9 Å². The molecule has 1 aliphatic rings. The van der Waals surface area contributed by atoms with Crippen molar-refractivity contribution in [3.8, 4) is 0 Å². The standard InChI is InChI=1S/C13H22N4OS/c1-9-7-17(2)6-4-10(9)16-13(18)11-8-19-12(15-11)3-5-14/h8-10H,3-7,14H2,1-2H3,(H,16,18). The number of nitrogens with one attached hydrogen (secondary N) is 1. The Balaban J connectivity index is 1.92. The first-order chi connectivity index (χ1) is 9.10. The third-order valence-corrected chi connectivity index (χ3v) is 4.48. The summed E-state index contributed by atoms with van der Waals surface area (Å²) in [6.45, 7) is 4.81. The summed E-state index contributed by atoms with van der Waals surface area (Å²) in [6.07, 6.45) is 1.74. The Morgan fingerprint density at radius 3 is 3.16 bits per heavy atom. The first kappa shape index (κ1) is 14.4. The van der Waals surface area contributed by atoms with Gasteiger partial charge in [-0.15, -0.1) is 11.3 Å². The predicted octanol–water partition coefficient (Wildman–Crippen LogP) is 0.714. The lowest BCUT2D eigenvalue weighted by Crippen LogP contribution is -2.48. The minimum atomic E-state index is -0.0547. The van der Waals surface area contributed by atoms with Crippen LogP contribution in [0.3, 0.4) is 0 Å². The van der Waals surface area contributed by atoms with Crippen LogP contribution in [0.2, 0.25) is 0 Å². The molecule has 0 aliphatic carbocycles. The molecular formula is C13H22N4OS. The number of amides is 1. The average molecular weight is 282 g/mol. The minimum absolute atomic E-state index is 0.0547. The zero-order chi connectivity index (χ0) is 13.8. The van der Waals surface area contributed by atoms with Crippen LogP contribution in [0.5, 0.6) is 0 Å². The van der Waals surface area contributed by atoms with Gasteiger partial charge in [-0.05, 0) is 32.5 Å². The van der Waals surface area contributed by atoms with Crippen LogP contribution in [0, 0.1) is 5.92 Å². The van der Waals surface area contributed by atoms with E-state index < -0.39 is 0 Å². The van der Waals surface area contributed by atoms with Crippen LogP contribution >= 0.6 is 11.3 Å².